The summed E-state index contributed by atoms with van der Waals surface area (Å²) >= 11 is 5.98. The van der Waals surface area contributed by atoms with E-state index in [0.717, 1.165) is 18.8 Å². The molecular weight excluding hydrogens is 186 g/mol. The zero-order valence-electron chi connectivity index (χ0n) is 7.33. The van der Waals surface area contributed by atoms with Crippen molar-refractivity contribution in [2.45, 2.75) is 12.8 Å². The fourth-order valence-corrected chi connectivity index (χ4v) is 1.96. The molecule has 0 amide bonds. The van der Waals surface area contributed by atoms with Crippen LogP contribution in [0.1, 0.15) is 12.8 Å². The SMILES string of the molecule is Oc1cccc(N2CCCC2)c1Cl. The average molecular weight is 198 g/mol. The lowest BCUT2D eigenvalue weighted by Gasteiger charge is -2.19. The zero-order chi connectivity index (χ0) is 9.26. The second-order valence-electron chi connectivity index (χ2n) is 3.30. The molecule has 1 fully saturated rings. The first-order valence-corrected chi connectivity index (χ1v) is 4.89. The van der Waals surface area contributed by atoms with Crippen LogP contribution < -0.4 is 4.90 Å². The van der Waals surface area contributed by atoms with Crippen molar-refractivity contribution in [1.29, 1.82) is 0 Å². The highest BCUT2D eigenvalue weighted by Crippen LogP contribution is 2.34. The highest BCUT2D eigenvalue weighted by atomic mass is 35.5. The molecule has 13 heavy (non-hydrogen) atoms. The monoisotopic (exact) mass is 197 g/mol. The van der Waals surface area contributed by atoms with E-state index < -0.39 is 0 Å². The average Bonchev–Trinajstić information content (AvgIpc) is 2.62. The number of aromatic hydroxyl groups is 1. The van der Waals surface area contributed by atoms with Gasteiger partial charge < -0.3 is 10.0 Å². The molecule has 1 saturated heterocycles. The smallest absolute Gasteiger partial charge is 0.136 e. The van der Waals surface area contributed by atoms with Gasteiger partial charge in [0.25, 0.3) is 0 Å². The van der Waals surface area contributed by atoms with Crippen LogP contribution in [-0.2, 0) is 0 Å². The van der Waals surface area contributed by atoms with E-state index in [9.17, 15) is 5.11 Å². The summed E-state index contributed by atoms with van der Waals surface area (Å²) in [6.45, 7) is 2.09. The Morgan fingerprint density at radius 3 is 2.62 bits per heavy atom. The lowest BCUT2D eigenvalue weighted by Crippen LogP contribution is -2.17. The number of phenols is 1. The summed E-state index contributed by atoms with van der Waals surface area (Å²) in [6.07, 6.45) is 2.43. The third kappa shape index (κ3) is 1.59. The van der Waals surface area contributed by atoms with Crippen molar-refractivity contribution >= 4 is 17.3 Å². The molecule has 0 saturated carbocycles. The molecule has 0 radical (unpaired) electrons. The Balaban J connectivity index is 2.33. The Hall–Kier alpha value is -0.890. The van der Waals surface area contributed by atoms with E-state index >= 15 is 0 Å². The predicted octanol–water partition coefficient (Wildman–Crippen LogP) is 2.65. The van der Waals surface area contributed by atoms with Crippen LogP contribution in [0.4, 0.5) is 5.69 Å². The second kappa shape index (κ2) is 3.46. The summed E-state index contributed by atoms with van der Waals surface area (Å²) in [4.78, 5) is 2.21. The molecular formula is C10H12ClNO. The van der Waals surface area contributed by atoms with Gasteiger partial charge in [0.2, 0.25) is 0 Å². The number of benzene rings is 1. The quantitative estimate of drug-likeness (QED) is 0.748. The summed E-state index contributed by atoms with van der Waals surface area (Å²) in [5.74, 6) is 0.172. The normalized spacial score (nSPS) is 16.5. The van der Waals surface area contributed by atoms with Gasteiger partial charge in [0, 0.05) is 13.1 Å². The van der Waals surface area contributed by atoms with Gasteiger partial charge in [-0.2, -0.15) is 0 Å². The largest absolute Gasteiger partial charge is 0.506 e. The van der Waals surface area contributed by atoms with Gasteiger partial charge in [-0.05, 0) is 25.0 Å². The van der Waals surface area contributed by atoms with E-state index in [-0.39, 0.29) is 5.75 Å². The van der Waals surface area contributed by atoms with Crippen molar-refractivity contribution in [1.82, 2.24) is 0 Å². The molecule has 0 aliphatic carbocycles. The van der Waals surface area contributed by atoms with Crippen molar-refractivity contribution in [3.8, 4) is 5.75 Å². The van der Waals surface area contributed by atoms with E-state index in [2.05, 4.69) is 4.90 Å². The van der Waals surface area contributed by atoms with E-state index in [0.29, 0.717) is 5.02 Å². The minimum absolute atomic E-state index is 0.172. The minimum Gasteiger partial charge on any atom is -0.506 e. The van der Waals surface area contributed by atoms with Gasteiger partial charge in [0.05, 0.1) is 5.69 Å². The van der Waals surface area contributed by atoms with Crippen LogP contribution in [0, 0.1) is 0 Å². The Labute approximate surface area is 82.7 Å². The van der Waals surface area contributed by atoms with Crippen LogP contribution in [-0.4, -0.2) is 18.2 Å². The van der Waals surface area contributed by atoms with Gasteiger partial charge >= 0.3 is 0 Å². The molecule has 3 heteroatoms. The van der Waals surface area contributed by atoms with Crippen LogP contribution in [0.3, 0.4) is 0 Å². The molecule has 2 rings (SSSR count). The third-order valence-corrected chi connectivity index (χ3v) is 2.79. The van der Waals surface area contributed by atoms with Gasteiger partial charge in [-0.15, -0.1) is 0 Å². The number of phenolic OH excluding ortho intramolecular Hbond substituents is 1. The van der Waals surface area contributed by atoms with Crippen molar-refractivity contribution in [2.75, 3.05) is 18.0 Å². The van der Waals surface area contributed by atoms with Crippen LogP contribution in [0.15, 0.2) is 18.2 Å². The van der Waals surface area contributed by atoms with Crippen LogP contribution in [0.25, 0.3) is 0 Å². The maximum absolute atomic E-state index is 9.40. The van der Waals surface area contributed by atoms with E-state index in [1.165, 1.54) is 12.8 Å². The number of hydrogen-bond donors (Lipinski definition) is 1. The molecule has 2 nitrogen and oxygen atoms in total. The van der Waals surface area contributed by atoms with Gasteiger partial charge in [-0.3, -0.25) is 0 Å². The standard InChI is InChI=1S/C10H12ClNO/c11-10-8(4-3-5-9(10)13)12-6-1-2-7-12/h3-5,13H,1-2,6-7H2. The summed E-state index contributed by atoms with van der Waals surface area (Å²) < 4.78 is 0. The molecule has 1 aromatic carbocycles. The minimum atomic E-state index is 0.172. The summed E-state index contributed by atoms with van der Waals surface area (Å²) in [5.41, 5.74) is 0.958. The van der Waals surface area contributed by atoms with Gasteiger partial charge in [0.15, 0.2) is 0 Å². The maximum Gasteiger partial charge on any atom is 0.136 e. The first-order valence-electron chi connectivity index (χ1n) is 4.51. The van der Waals surface area contributed by atoms with Crippen LogP contribution in [0.5, 0.6) is 5.75 Å². The molecule has 1 aliphatic rings. The predicted molar refractivity (Wildman–Crippen MR) is 54.6 cm³/mol. The lowest BCUT2D eigenvalue weighted by atomic mass is 10.3. The summed E-state index contributed by atoms with van der Waals surface area (Å²) in [5, 5.41) is 9.88. The molecule has 0 bridgehead atoms. The summed E-state index contributed by atoms with van der Waals surface area (Å²) in [7, 11) is 0. The van der Waals surface area contributed by atoms with E-state index in [1.807, 2.05) is 12.1 Å². The van der Waals surface area contributed by atoms with Crippen molar-refractivity contribution < 1.29 is 5.11 Å². The Bertz CT molecular complexity index is 308. The molecule has 1 aliphatic heterocycles. The Kier molecular flexibility index (Phi) is 2.32. The first kappa shape index (κ1) is 8.70. The van der Waals surface area contributed by atoms with Crippen molar-refractivity contribution in [3.63, 3.8) is 0 Å². The Morgan fingerprint density at radius 1 is 1.23 bits per heavy atom. The van der Waals surface area contributed by atoms with Crippen molar-refractivity contribution in [3.05, 3.63) is 23.2 Å². The number of halogens is 1. The Morgan fingerprint density at radius 2 is 1.92 bits per heavy atom. The van der Waals surface area contributed by atoms with Crippen LogP contribution >= 0.6 is 11.6 Å². The van der Waals surface area contributed by atoms with Gasteiger partial charge in [-0.25, -0.2) is 0 Å². The number of anilines is 1. The van der Waals surface area contributed by atoms with E-state index in [1.54, 1.807) is 6.07 Å². The second-order valence-corrected chi connectivity index (χ2v) is 3.68. The first-order chi connectivity index (χ1) is 6.29. The molecule has 0 spiro atoms. The molecule has 0 unspecified atom stereocenters. The third-order valence-electron chi connectivity index (χ3n) is 2.40. The molecule has 1 heterocycles. The fraction of sp³-hybridized carbons (Fsp3) is 0.400. The van der Waals surface area contributed by atoms with Crippen LogP contribution in [0.2, 0.25) is 5.02 Å². The zero-order valence-corrected chi connectivity index (χ0v) is 8.09. The maximum atomic E-state index is 9.40. The molecule has 70 valence electrons. The number of rotatable bonds is 1. The molecule has 0 aromatic heterocycles. The van der Waals surface area contributed by atoms with Gasteiger partial charge in [0.1, 0.15) is 10.8 Å². The van der Waals surface area contributed by atoms with Gasteiger partial charge in [-0.1, -0.05) is 17.7 Å². The molecule has 1 aromatic rings. The molecule has 1 N–H and O–H groups in total. The van der Waals surface area contributed by atoms with E-state index in [4.69, 9.17) is 11.6 Å². The highest BCUT2D eigenvalue weighted by Gasteiger charge is 2.16. The lowest BCUT2D eigenvalue weighted by molar-refractivity contribution is 0.475. The van der Waals surface area contributed by atoms with Crippen molar-refractivity contribution in [2.24, 2.45) is 0 Å². The number of hydrogen-bond acceptors (Lipinski definition) is 2. The fourth-order valence-electron chi connectivity index (χ4n) is 1.71. The number of nitrogens with zero attached hydrogens (tertiary/aromatic N) is 1. The highest BCUT2D eigenvalue weighted by molar-refractivity contribution is 6.34. The summed E-state index contributed by atoms with van der Waals surface area (Å²) in [6, 6.07) is 5.39. The molecule has 0 atom stereocenters. The topological polar surface area (TPSA) is 23.5 Å².